The van der Waals surface area contributed by atoms with Crippen molar-refractivity contribution in [2.24, 2.45) is 0 Å². The Hall–Kier alpha value is -0.890. The van der Waals surface area contributed by atoms with Crippen LogP contribution in [0.5, 0.6) is 0 Å². The molecule has 0 aliphatic heterocycles. The molecule has 0 fully saturated rings. The van der Waals surface area contributed by atoms with Crippen LogP contribution in [0.2, 0.25) is 0 Å². The summed E-state index contributed by atoms with van der Waals surface area (Å²) < 4.78 is 0. The fourth-order valence-corrected chi connectivity index (χ4v) is 3.37. The molecule has 5 unspecified atom stereocenters. The molecule has 0 aliphatic rings. The average Bonchev–Trinajstić information content (AvgIpc) is 2.84. The summed E-state index contributed by atoms with van der Waals surface area (Å²) in [7, 11) is 0. The molecule has 0 amide bonds. The molecule has 212 valence electrons. The first-order chi connectivity index (χ1) is 16.5. The van der Waals surface area contributed by atoms with Crippen LogP contribution in [-0.4, -0.2) is 107 Å². The van der Waals surface area contributed by atoms with Gasteiger partial charge < -0.3 is 51.1 Å². The van der Waals surface area contributed by atoms with Gasteiger partial charge in [0.2, 0.25) is 0 Å². The zero-order chi connectivity index (χ0) is 27.3. The first-order valence-electron chi connectivity index (χ1n) is 12.8. The van der Waals surface area contributed by atoms with Gasteiger partial charge in [0, 0.05) is 0 Å². The third kappa shape index (κ3) is 18.1. The van der Waals surface area contributed by atoms with E-state index in [9.17, 15) is 9.90 Å². The minimum Gasteiger partial charge on any atom is -0.477 e. The number of hydrogen-bond donors (Lipinski definition) is 10. The molecule has 0 heterocycles. The lowest BCUT2D eigenvalue weighted by molar-refractivity contribution is -0.237. The molecular weight excluding hydrogens is 464 g/mol. The van der Waals surface area contributed by atoms with E-state index in [2.05, 4.69) is 6.92 Å². The van der Waals surface area contributed by atoms with Crippen molar-refractivity contribution in [3.63, 3.8) is 0 Å². The Morgan fingerprint density at radius 2 is 0.943 bits per heavy atom. The van der Waals surface area contributed by atoms with Gasteiger partial charge in [0.15, 0.2) is 0 Å². The van der Waals surface area contributed by atoms with Crippen molar-refractivity contribution < 1.29 is 55.9 Å². The fraction of sp³-hybridized carbons (Fsp3) is 0.958. The molecule has 11 nitrogen and oxygen atoms in total. The number of aliphatic hydroxyl groups excluding tert-OH is 7. The molecule has 10 N–H and O–H groups in total. The molecule has 11 heteroatoms. The molecule has 0 radical (unpaired) electrons. The fourth-order valence-electron chi connectivity index (χ4n) is 3.37. The predicted molar refractivity (Wildman–Crippen MR) is 129 cm³/mol. The molecule has 0 aromatic rings. The van der Waals surface area contributed by atoms with E-state index in [4.69, 9.17) is 46.0 Å². The van der Waals surface area contributed by atoms with Crippen molar-refractivity contribution in [2.75, 3.05) is 13.2 Å². The molecule has 0 saturated heterocycles. The Kier molecular flexibility index (Phi) is 23.1. The van der Waals surface area contributed by atoms with Gasteiger partial charge in [-0.3, -0.25) is 0 Å². The highest BCUT2D eigenvalue weighted by Crippen LogP contribution is 2.16. The normalized spacial score (nSPS) is 16.1. The van der Waals surface area contributed by atoms with E-state index in [1.54, 1.807) is 0 Å². The molecule has 0 rings (SSSR count). The SMILES string of the molecule is CCCCCCCCCCCCCCCC(O)C(O)(O)C(=O)O.OCC(O)C(O)C(O)C(O)CO. The van der Waals surface area contributed by atoms with Gasteiger partial charge in [-0.25, -0.2) is 4.79 Å². The zero-order valence-corrected chi connectivity index (χ0v) is 21.1. The Morgan fingerprint density at radius 1 is 0.629 bits per heavy atom. The monoisotopic (exact) mass is 514 g/mol. The Bertz CT molecular complexity index is 476. The number of rotatable bonds is 21. The van der Waals surface area contributed by atoms with Crippen LogP contribution < -0.4 is 0 Å². The zero-order valence-electron chi connectivity index (χ0n) is 21.1. The summed E-state index contributed by atoms with van der Waals surface area (Å²) in [5, 5.41) is 88.5. The van der Waals surface area contributed by atoms with E-state index in [1.807, 2.05) is 0 Å². The summed E-state index contributed by atoms with van der Waals surface area (Å²) in [4.78, 5) is 10.5. The second kappa shape index (κ2) is 22.3. The van der Waals surface area contributed by atoms with E-state index in [1.165, 1.54) is 57.8 Å². The summed E-state index contributed by atoms with van der Waals surface area (Å²) in [6.07, 6.45) is 7.61. The second-order valence-corrected chi connectivity index (χ2v) is 9.06. The van der Waals surface area contributed by atoms with Gasteiger partial charge in [0.1, 0.15) is 30.5 Å². The van der Waals surface area contributed by atoms with Crippen LogP contribution in [0, 0.1) is 0 Å². The van der Waals surface area contributed by atoms with Gasteiger partial charge in [-0.15, -0.1) is 0 Å². The maximum absolute atomic E-state index is 10.5. The molecular formula is C24H50O11. The molecule has 0 saturated carbocycles. The predicted octanol–water partition coefficient (Wildman–Crippen LogP) is 0.00870. The van der Waals surface area contributed by atoms with Crippen LogP contribution in [-0.2, 0) is 4.79 Å². The van der Waals surface area contributed by atoms with E-state index in [0.29, 0.717) is 6.42 Å². The number of unbranched alkanes of at least 4 members (excludes halogenated alkanes) is 12. The van der Waals surface area contributed by atoms with Crippen molar-refractivity contribution in [1.82, 2.24) is 0 Å². The largest absolute Gasteiger partial charge is 0.477 e. The van der Waals surface area contributed by atoms with Gasteiger partial charge in [-0.05, 0) is 6.42 Å². The lowest BCUT2D eigenvalue weighted by Gasteiger charge is -2.24. The Balaban J connectivity index is 0. The van der Waals surface area contributed by atoms with Crippen LogP contribution in [0.3, 0.4) is 0 Å². The summed E-state index contributed by atoms with van der Waals surface area (Å²) in [6.45, 7) is 0.781. The first kappa shape index (κ1) is 36.3. The highest BCUT2D eigenvalue weighted by molar-refractivity contribution is 5.75. The third-order valence-electron chi connectivity index (χ3n) is 5.87. The van der Waals surface area contributed by atoms with Crippen LogP contribution in [0.15, 0.2) is 0 Å². The van der Waals surface area contributed by atoms with Crippen molar-refractivity contribution in [3.8, 4) is 0 Å². The van der Waals surface area contributed by atoms with E-state index >= 15 is 0 Å². The van der Waals surface area contributed by atoms with Crippen molar-refractivity contribution in [2.45, 2.75) is 133 Å². The van der Waals surface area contributed by atoms with Crippen molar-refractivity contribution >= 4 is 5.97 Å². The standard InChI is InChI=1S/C18H36O5.C6H14O6/c1-2-3-4-5-6-7-8-9-10-11-12-13-14-15-16(19)18(22,23)17(20)21;7-1-3(9)5(11)6(12)4(10)2-8/h16,19,22-23H,2-15H2,1H3,(H,20,21);3-12H,1-2H2. The molecule has 0 aliphatic carbocycles. The van der Waals surface area contributed by atoms with E-state index in [0.717, 1.165) is 19.3 Å². The van der Waals surface area contributed by atoms with Crippen LogP contribution in [0.25, 0.3) is 0 Å². The number of aliphatic hydroxyl groups is 9. The molecule has 0 aromatic heterocycles. The molecule has 0 spiro atoms. The average molecular weight is 515 g/mol. The smallest absolute Gasteiger partial charge is 0.366 e. The first-order valence-corrected chi connectivity index (χ1v) is 12.8. The van der Waals surface area contributed by atoms with Crippen molar-refractivity contribution in [3.05, 3.63) is 0 Å². The lowest BCUT2D eigenvalue weighted by Crippen LogP contribution is -2.49. The van der Waals surface area contributed by atoms with Crippen LogP contribution in [0.4, 0.5) is 0 Å². The summed E-state index contributed by atoms with van der Waals surface area (Å²) >= 11 is 0. The molecule has 0 bridgehead atoms. The lowest BCUT2D eigenvalue weighted by atomic mass is 10.0. The highest BCUT2D eigenvalue weighted by atomic mass is 16.6. The van der Waals surface area contributed by atoms with E-state index in [-0.39, 0.29) is 6.42 Å². The van der Waals surface area contributed by atoms with Gasteiger partial charge in [-0.2, -0.15) is 0 Å². The quantitative estimate of drug-likeness (QED) is 0.0726. The summed E-state index contributed by atoms with van der Waals surface area (Å²) in [5.41, 5.74) is 0. The minimum absolute atomic E-state index is 0.0943. The van der Waals surface area contributed by atoms with Crippen LogP contribution in [0.1, 0.15) is 96.8 Å². The second-order valence-electron chi connectivity index (χ2n) is 9.06. The van der Waals surface area contributed by atoms with Crippen LogP contribution >= 0.6 is 0 Å². The number of carbonyl (C=O) groups is 1. The Morgan fingerprint density at radius 3 is 1.23 bits per heavy atom. The third-order valence-corrected chi connectivity index (χ3v) is 5.87. The summed E-state index contributed by atoms with van der Waals surface area (Å²) in [5.74, 6) is -4.84. The maximum atomic E-state index is 10.5. The summed E-state index contributed by atoms with van der Waals surface area (Å²) in [6, 6.07) is 0. The molecule has 5 atom stereocenters. The van der Waals surface area contributed by atoms with E-state index < -0.39 is 55.5 Å². The number of hydrogen-bond acceptors (Lipinski definition) is 10. The van der Waals surface area contributed by atoms with Gasteiger partial charge in [0.25, 0.3) is 5.79 Å². The number of carboxylic acid groups (broad SMARTS) is 1. The number of carboxylic acids is 1. The Labute approximate surface area is 208 Å². The topological polar surface area (TPSA) is 219 Å². The van der Waals surface area contributed by atoms with Gasteiger partial charge in [-0.1, -0.05) is 90.4 Å². The number of aliphatic carboxylic acids is 1. The van der Waals surface area contributed by atoms with Crippen molar-refractivity contribution in [1.29, 1.82) is 0 Å². The molecule has 0 aromatic carbocycles. The maximum Gasteiger partial charge on any atom is 0.366 e. The van der Waals surface area contributed by atoms with Gasteiger partial charge in [0.05, 0.1) is 13.2 Å². The highest BCUT2D eigenvalue weighted by Gasteiger charge is 2.41. The minimum atomic E-state index is -3.03. The molecule has 35 heavy (non-hydrogen) atoms. The van der Waals surface area contributed by atoms with Gasteiger partial charge >= 0.3 is 5.97 Å².